The number of carbonyl (C=O) groups is 1. The number of aliphatic carboxylic acids is 1. The Bertz CT molecular complexity index is 511. The summed E-state index contributed by atoms with van der Waals surface area (Å²) >= 11 is 7.23. The van der Waals surface area contributed by atoms with Gasteiger partial charge in [-0.1, -0.05) is 0 Å². The summed E-state index contributed by atoms with van der Waals surface area (Å²) in [6, 6.07) is 4.23. The second-order valence-corrected chi connectivity index (χ2v) is 7.42. The number of benzene rings is 1. The van der Waals surface area contributed by atoms with Gasteiger partial charge in [-0.15, -0.1) is 0 Å². The van der Waals surface area contributed by atoms with Gasteiger partial charge in [-0.25, -0.2) is 0 Å². The van der Waals surface area contributed by atoms with Gasteiger partial charge in [0.1, 0.15) is 0 Å². The zero-order valence-electron chi connectivity index (χ0n) is 12.3. The van der Waals surface area contributed by atoms with Crippen LogP contribution in [0.3, 0.4) is 0 Å². The lowest BCUT2D eigenvalue weighted by atomic mass is 9.98. The van der Waals surface area contributed by atoms with Crippen LogP contribution >= 0.6 is 31.9 Å². The Hall–Kier alpha value is -0.590. The number of piperidine rings is 1. The van der Waals surface area contributed by atoms with Gasteiger partial charge < -0.3 is 10.0 Å². The molecule has 1 heterocycles. The number of rotatable bonds is 4. The first-order valence-corrected chi connectivity index (χ1v) is 8.57. The standard InChI is InChI=1S/C15H20Br2N2O2/c1-18(2)14-12(16)6-10(7-13(14)17)8-19-5-3-4-11(9-19)15(20)21/h6-7,11H,3-5,8-9H2,1-2H3,(H,20,21). The van der Waals surface area contributed by atoms with Crippen molar-refractivity contribution in [2.24, 2.45) is 5.92 Å². The molecule has 6 heteroatoms. The Kier molecular flexibility index (Phi) is 5.68. The molecular formula is C15H20Br2N2O2. The molecule has 0 aromatic heterocycles. The zero-order chi connectivity index (χ0) is 15.6. The van der Waals surface area contributed by atoms with Gasteiger partial charge in [0, 0.05) is 36.1 Å². The average molecular weight is 420 g/mol. The minimum absolute atomic E-state index is 0.230. The molecule has 0 aliphatic carbocycles. The second kappa shape index (κ2) is 7.11. The molecule has 1 aromatic carbocycles. The molecule has 2 rings (SSSR count). The van der Waals surface area contributed by atoms with E-state index < -0.39 is 5.97 Å². The van der Waals surface area contributed by atoms with Crippen molar-refractivity contribution < 1.29 is 9.90 Å². The maximum absolute atomic E-state index is 11.1. The molecule has 1 atom stereocenters. The van der Waals surface area contributed by atoms with E-state index in [1.54, 1.807) is 0 Å². The second-order valence-electron chi connectivity index (χ2n) is 5.72. The Morgan fingerprint density at radius 3 is 2.52 bits per heavy atom. The Balaban J connectivity index is 2.11. The van der Waals surface area contributed by atoms with Crippen molar-refractivity contribution in [2.45, 2.75) is 19.4 Å². The summed E-state index contributed by atoms with van der Waals surface area (Å²) in [6.07, 6.45) is 1.74. The number of anilines is 1. The molecule has 1 N–H and O–H groups in total. The van der Waals surface area contributed by atoms with E-state index in [9.17, 15) is 4.79 Å². The summed E-state index contributed by atoms with van der Waals surface area (Å²) in [4.78, 5) is 15.4. The van der Waals surface area contributed by atoms with E-state index in [-0.39, 0.29) is 5.92 Å². The van der Waals surface area contributed by atoms with E-state index in [2.05, 4.69) is 53.8 Å². The highest BCUT2D eigenvalue weighted by atomic mass is 79.9. The summed E-state index contributed by atoms with van der Waals surface area (Å²) in [5.74, 6) is -0.906. The molecule has 1 fully saturated rings. The molecule has 1 aliphatic heterocycles. The molecule has 1 aromatic rings. The predicted octanol–water partition coefficient (Wildman–Crippen LogP) is 3.57. The Morgan fingerprint density at radius 1 is 1.38 bits per heavy atom. The van der Waals surface area contributed by atoms with Crippen molar-refractivity contribution in [1.29, 1.82) is 0 Å². The normalized spacial score (nSPS) is 19.5. The van der Waals surface area contributed by atoms with Crippen molar-refractivity contribution >= 4 is 43.5 Å². The van der Waals surface area contributed by atoms with Crippen molar-refractivity contribution in [3.63, 3.8) is 0 Å². The molecule has 0 amide bonds. The third kappa shape index (κ3) is 4.20. The Morgan fingerprint density at radius 2 is 2.00 bits per heavy atom. The monoisotopic (exact) mass is 418 g/mol. The molecule has 1 unspecified atom stereocenters. The minimum Gasteiger partial charge on any atom is -0.481 e. The number of likely N-dealkylation sites (tertiary alicyclic amines) is 1. The summed E-state index contributed by atoms with van der Waals surface area (Å²) in [6.45, 7) is 2.39. The van der Waals surface area contributed by atoms with Crippen LogP contribution in [0.1, 0.15) is 18.4 Å². The fourth-order valence-electron chi connectivity index (χ4n) is 2.80. The Labute approximate surface area is 142 Å². The number of halogens is 2. The molecule has 21 heavy (non-hydrogen) atoms. The van der Waals surface area contributed by atoms with E-state index in [1.165, 1.54) is 5.56 Å². The fourth-order valence-corrected chi connectivity index (χ4v) is 4.79. The van der Waals surface area contributed by atoms with Gasteiger partial charge in [-0.3, -0.25) is 9.69 Å². The van der Waals surface area contributed by atoms with Crippen LogP contribution in [-0.4, -0.2) is 43.2 Å². The van der Waals surface area contributed by atoms with Gasteiger partial charge in [-0.2, -0.15) is 0 Å². The van der Waals surface area contributed by atoms with Crippen LogP contribution in [-0.2, 0) is 11.3 Å². The highest BCUT2D eigenvalue weighted by Crippen LogP contribution is 2.35. The van der Waals surface area contributed by atoms with Crippen LogP contribution < -0.4 is 4.90 Å². The lowest BCUT2D eigenvalue weighted by Gasteiger charge is -2.31. The highest BCUT2D eigenvalue weighted by molar-refractivity contribution is 9.11. The van der Waals surface area contributed by atoms with Crippen LogP contribution in [0, 0.1) is 5.92 Å². The van der Waals surface area contributed by atoms with Crippen LogP contribution in [0.5, 0.6) is 0 Å². The van der Waals surface area contributed by atoms with E-state index in [0.29, 0.717) is 6.54 Å². The van der Waals surface area contributed by atoms with E-state index in [0.717, 1.165) is 40.6 Å². The van der Waals surface area contributed by atoms with Crippen LogP contribution in [0.4, 0.5) is 5.69 Å². The first kappa shape index (κ1) is 16.8. The molecular weight excluding hydrogens is 400 g/mol. The molecule has 0 spiro atoms. The predicted molar refractivity (Wildman–Crippen MR) is 91.8 cm³/mol. The third-order valence-corrected chi connectivity index (χ3v) is 4.99. The first-order chi connectivity index (χ1) is 9.88. The van der Waals surface area contributed by atoms with Gasteiger partial charge >= 0.3 is 5.97 Å². The van der Waals surface area contributed by atoms with Gasteiger partial charge in [0.2, 0.25) is 0 Å². The molecule has 116 valence electrons. The number of hydrogen-bond donors (Lipinski definition) is 1. The smallest absolute Gasteiger partial charge is 0.307 e. The highest BCUT2D eigenvalue weighted by Gasteiger charge is 2.25. The van der Waals surface area contributed by atoms with Crippen molar-refractivity contribution in [3.05, 3.63) is 26.6 Å². The number of carboxylic acid groups (broad SMARTS) is 1. The van der Waals surface area contributed by atoms with Crippen LogP contribution in [0.15, 0.2) is 21.1 Å². The maximum atomic E-state index is 11.1. The summed E-state index contributed by atoms with van der Waals surface area (Å²) in [5.41, 5.74) is 2.30. The quantitative estimate of drug-likeness (QED) is 0.809. The first-order valence-electron chi connectivity index (χ1n) is 6.99. The fraction of sp³-hybridized carbons (Fsp3) is 0.533. The molecule has 1 aliphatic rings. The van der Waals surface area contributed by atoms with E-state index in [4.69, 9.17) is 5.11 Å². The lowest BCUT2D eigenvalue weighted by Crippen LogP contribution is -2.38. The van der Waals surface area contributed by atoms with Crippen LogP contribution in [0.25, 0.3) is 0 Å². The van der Waals surface area contributed by atoms with Crippen molar-refractivity contribution in [2.75, 3.05) is 32.1 Å². The topological polar surface area (TPSA) is 43.8 Å². The molecule has 0 radical (unpaired) electrons. The average Bonchev–Trinajstić information content (AvgIpc) is 2.37. The lowest BCUT2D eigenvalue weighted by molar-refractivity contribution is -0.143. The molecule has 1 saturated heterocycles. The van der Waals surface area contributed by atoms with E-state index >= 15 is 0 Å². The van der Waals surface area contributed by atoms with Crippen molar-refractivity contribution in [3.8, 4) is 0 Å². The van der Waals surface area contributed by atoms with Crippen LogP contribution in [0.2, 0.25) is 0 Å². The molecule has 4 nitrogen and oxygen atoms in total. The van der Waals surface area contributed by atoms with Crippen molar-refractivity contribution in [1.82, 2.24) is 4.90 Å². The third-order valence-electron chi connectivity index (χ3n) is 3.78. The maximum Gasteiger partial charge on any atom is 0.307 e. The largest absolute Gasteiger partial charge is 0.481 e. The van der Waals surface area contributed by atoms with Gasteiger partial charge in [0.15, 0.2) is 0 Å². The zero-order valence-corrected chi connectivity index (χ0v) is 15.4. The minimum atomic E-state index is -0.676. The number of carboxylic acids is 1. The summed E-state index contributed by atoms with van der Waals surface area (Å²) < 4.78 is 2.09. The summed E-state index contributed by atoms with van der Waals surface area (Å²) in [5, 5.41) is 9.16. The van der Waals surface area contributed by atoms with E-state index in [1.807, 2.05) is 14.1 Å². The molecule has 0 bridgehead atoms. The van der Waals surface area contributed by atoms with Gasteiger partial charge in [0.25, 0.3) is 0 Å². The number of nitrogens with zero attached hydrogens (tertiary/aromatic N) is 2. The number of hydrogen-bond acceptors (Lipinski definition) is 3. The SMILES string of the molecule is CN(C)c1c(Br)cc(CN2CCCC(C(=O)O)C2)cc1Br. The molecule has 0 saturated carbocycles. The summed E-state index contributed by atoms with van der Waals surface area (Å²) in [7, 11) is 4.01. The van der Waals surface area contributed by atoms with Gasteiger partial charge in [0.05, 0.1) is 11.6 Å². The van der Waals surface area contributed by atoms with Gasteiger partial charge in [-0.05, 0) is 68.9 Å².